The third-order valence-corrected chi connectivity index (χ3v) is 1.99. The molecule has 13 heavy (non-hydrogen) atoms. The first-order valence-corrected chi connectivity index (χ1v) is 4.54. The molecule has 0 saturated carbocycles. The Balaban J connectivity index is 2.81. The molecule has 1 aromatic rings. The van der Waals surface area contributed by atoms with Crippen LogP contribution in [0, 0.1) is 19.3 Å². The molecule has 1 aromatic carbocycles. The molecule has 0 aliphatic carbocycles. The summed E-state index contributed by atoms with van der Waals surface area (Å²) in [5.74, 6) is 2.73. The number of benzene rings is 1. The highest BCUT2D eigenvalue weighted by Gasteiger charge is 2.04. The molecule has 0 bridgehead atoms. The summed E-state index contributed by atoms with van der Waals surface area (Å²) in [7, 11) is 0. The highest BCUT2D eigenvalue weighted by atomic mass is 14.9. The van der Waals surface area contributed by atoms with Gasteiger partial charge in [-0.25, -0.2) is 0 Å². The molecular weight excluding hydrogens is 158 g/mol. The summed E-state index contributed by atoms with van der Waals surface area (Å²) in [5.41, 5.74) is 2.42. The second kappa shape index (κ2) is 4.69. The van der Waals surface area contributed by atoms with Gasteiger partial charge in [0.15, 0.2) is 0 Å². The highest BCUT2D eigenvalue weighted by Crippen LogP contribution is 2.12. The van der Waals surface area contributed by atoms with Gasteiger partial charge < -0.3 is 5.32 Å². The van der Waals surface area contributed by atoms with E-state index in [1.165, 1.54) is 5.56 Å². The lowest BCUT2D eigenvalue weighted by Crippen LogP contribution is -2.18. The lowest BCUT2D eigenvalue weighted by atomic mass is 10.1. The molecule has 1 N–H and O–H groups in total. The van der Waals surface area contributed by atoms with Crippen LogP contribution in [0.5, 0.6) is 0 Å². The Morgan fingerprint density at radius 2 is 2.00 bits per heavy atom. The maximum absolute atomic E-state index is 5.42. The monoisotopic (exact) mass is 173 g/mol. The molecule has 1 rings (SSSR count). The van der Waals surface area contributed by atoms with Crippen LogP contribution in [0.2, 0.25) is 0 Å². The number of terminal acetylenes is 1. The van der Waals surface area contributed by atoms with E-state index in [4.69, 9.17) is 6.42 Å². The van der Waals surface area contributed by atoms with Crippen LogP contribution >= 0.6 is 0 Å². The van der Waals surface area contributed by atoms with Crippen LogP contribution in [0.3, 0.4) is 0 Å². The Morgan fingerprint density at radius 1 is 1.38 bits per heavy atom. The van der Waals surface area contributed by atoms with E-state index in [0.29, 0.717) is 0 Å². The molecule has 0 radical (unpaired) electrons. The van der Waals surface area contributed by atoms with Crippen LogP contribution in [0.15, 0.2) is 24.3 Å². The first kappa shape index (κ1) is 9.83. The fourth-order valence-electron chi connectivity index (χ4n) is 1.24. The van der Waals surface area contributed by atoms with Crippen molar-refractivity contribution in [3.8, 4) is 12.3 Å². The first-order chi connectivity index (χ1) is 6.27. The maximum atomic E-state index is 5.42. The molecule has 68 valence electrons. The van der Waals surface area contributed by atoms with Crippen molar-refractivity contribution >= 4 is 0 Å². The van der Waals surface area contributed by atoms with E-state index >= 15 is 0 Å². The minimum Gasteiger partial charge on any atom is -0.300 e. The number of hydrogen-bond acceptors (Lipinski definition) is 1. The predicted molar refractivity (Wildman–Crippen MR) is 56.4 cm³/mol. The van der Waals surface area contributed by atoms with Crippen molar-refractivity contribution in [2.45, 2.75) is 19.9 Å². The van der Waals surface area contributed by atoms with Gasteiger partial charge in [-0.3, -0.25) is 0 Å². The fraction of sp³-hybridized carbons (Fsp3) is 0.333. The quantitative estimate of drug-likeness (QED) is 0.691. The maximum Gasteiger partial charge on any atom is 0.0943 e. The molecule has 0 saturated heterocycles. The summed E-state index contributed by atoms with van der Waals surface area (Å²) >= 11 is 0. The fourth-order valence-corrected chi connectivity index (χ4v) is 1.24. The van der Waals surface area contributed by atoms with Crippen molar-refractivity contribution in [3.05, 3.63) is 35.4 Å². The van der Waals surface area contributed by atoms with E-state index < -0.39 is 0 Å². The van der Waals surface area contributed by atoms with Gasteiger partial charge in [0.1, 0.15) is 0 Å². The average molecular weight is 173 g/mol. The van der Waals surface area contributed by atoms with Gasteiger partial charge in [0.25, 0.3) is 0 Å². The largest absolute Gasteiger partial charge is 0.300 e. The van der Waals surface area contributed by atoms with E-state index in [0.717, 1.165) is 12.1 Å². The first-order valence-electron chi connectivity index (χ1n) is 4.54. The smallest absolute Gasteiger partial charge is 0.0943 e. The molecular formula is C12H15N. The summed E-state index contributed by atoms with van der Waals surface area (Å²) in [5, 5.41) is 3.23. The van der Waals surface area contributed by atoms with E-state index in [1.807, 2.05) is 0 Å². The van der Waals surface area contributed by atoms with Gasteiger partial charge >= 0.3 is 0 Å². The molecule has 0 amide bonds. The Morgan fingerprint density at radius 3 is 2.46 bits per heavy atom. The summed E-state index contributed by atoms with van der Waals surface area (Å²) in [6.45, 7) is 5.02. The topological polar surface area (TPSA) is 12.0 Å². The van der Waals surface area contributed by atoms with E-state index in [9.17, 15) is 0 Å². The van der Waals surface area contributed by atoms with Gasteiger partial charge in [-0.15, -0.1) is 6.42 Å². The van der Waals surface area contributed by atoms with Crippen LogP contribution < -0.4 is 5.32 Å². The summed E-state index contributed by atoms with van der Waals surface area (Å²) in [6.07, 6.45) is 5.42. The standard InChI is InChI=1S/C12H15N/c1-4-12(13-5-2)11-8-6-10(3)7-9-11/h1,6-9,12-13H,5H2,2-3H3. The molecule has 0 aromatic heterocycles. The van der Waals surface area contributed by atoms with Gasteiger partial charge in [-0.05, 0) is 19.0 Å². The molecule has 1 nitrogen and oxygen atoms in total. The van der Waals surface area contributed by atoms with E-state index in [2.05, 4.69) is 49.4 Å². The normalized spacial score (nSPS) is 12.1. The number of hydrogen-bond donors (Lipinski definition) is 1. The van der Waals surface area contributed by atoms with Crippen LogP contribution in [0.25, 0.3) is 0 Å². The predicted octanol–water partition coefficient (Wildman–Crippen LogP) is 2.28. The summed E-state index contributed by atoms with van der Waals surface area (Å²) in [6, 6.07) is 8.35. The highest BCUT2D eigenvalue weighted by molar-refractivity contribution is 5.28. The SMILES string of the molecule is C#CC(NCC)c1ccc(C)cc1. The molecule has 0 aliphatic heterocycles. The van der Waals surface area contributed by atoms with Crippen molar-refractivity contribution in [2.24, 2.45) is 0 Å². The zero-order chi connectivity index (χ0) is 9.68. The summed E-state index contributed by atoms with van der Waals surface area (Å²) < 4.78 is 0. The molecule has 1 atom stereocenters. The van der Waals surface area contributed by atoms with Gasteiger partial charge in [0.05, 0.1) is 6.04 Å². The summed E-state index contributed by atoms with van der Waals surface area (Å²) in [4.78, 5) is 0. The number of aryl methyl sites for hydroxylation is 1. The van der Waals surface area contributed by atoms with Crippen molar-refractivity contribution in [1.29, 1.82) is 0 Å². The average Bonchev–Trinajstić information content (AvgIpc) is 2.16. The molecule has 1 unspecified atom stereocenters. The van der Waals surface area contributed by atoms with E-state index in [1.54, 1.807) is 0 Å². The zero-order valence-electron chi connectivity index (χ0n) is 8.17. The van der Waals surface area contributed by atoms with Crippen molar-refractivity contribution in [2.75, 3.05) is 6.54 Å². The van der Waals surface area contributed by atoms with Gasteiger partial charge in [-0.2, -0.15) is 0 Å². The third-order valence-electron chi connectivity index (χ3n) is 1.99. The van der Waals surface area contributed by atoms with Crippen molar-refractivity contribution < 1.29 is 0 Å². The number of rotatable bonds is 3. The molecule has 0 spiro atoms. The van der Waals surface area contributed by atoms with Crippen LogP contribution in [0.1, 0.15) is 24.1 Å². The van der Waals surface area contributed by atoms with Gasteiger partial charge in [0.2, 0.25) is 0 Å². The second-order valence-corrected chi connectivity index (χ2v) is 3.07. The lowest BCUT2D eigenvalue weighted by molar-refractivity contribution is 0.665. The van der Waals surface area contributed by atoms with Crippen LogP contribution in [-0.2, 0) is 0 Å². The molecule has 1 heteroatoms. The van der Waals surface area contributed by atoms with Crippen molar-refractivity contribution in [3.63, 3.8) is 0 Å². The minimum absolute atomic E-state index is 0.0469. The second-order valence-electron chi connectivity index (χ2n) is 3.07. The number of nitrogens with one attached hydrogen (secondary N) is 1. The molecule has 0 aliphatic rings. The Labute approximate surface area is 80.2 Å². The van der Waals surface area contributed by atoms with Crippen molar-refractivity contribution in [1.82, 2.24) is 5.32 Å². The van der Waals surface area contributed by atoms with Crippen LogP contribution in [0.4, 0.5) is 0 Å². The van der Waals surface area contributed by atoms with Crippen LogP contribution in [-0.4, -0.2) is 6.54 Å². The molecule has 0 heterocycles. The van der Waals surface area contributed by atoms with Gasteiger partial charge in [0, 0.05) is 0 Å². The molecule has 0 fully saturated rings. The Bertz CT molecular complexity index is 292. The van der Waals surface area contributed by atoms with E-state index in [-0.39, 0.29) is 6.04 Å². The minimum atomic E-state index is 0.0469. The van der Waals surface area contributed by atoms with Gasteiger partial charge in [-0.1, -0.05) is 42.7 Å². The Kier molecular flexibility index (Phi) is 3.54. The lowest BCUT2D eigenvalue weighted by Gasteiger charge is -2.11. The zero-order valence-corrected chi connectivity index (χ0v) is 8.17. The third kappa shape index (κ3) is 2.61. The Hall–Kier alpha value is -1.26.